The summed E-state index contributed by atoms with van der Waals surface area (Å²) < 4.78 is 5.29. The second-order valence-electron chi connectivity index (χ2n) is 4.89. The Morgan fingerprint density at radius 3 is 1.42 bits per heavy atom. The third kappa shape index (κ3) is 5.33. The maximum absolute atomic E-state index is 11.1. The zero-order chi connectivity index (χ0) is 15.1. The Bertz CT molecular complexity index is 264. The average molecular weight is 278 g/mol. The van der Waals surface area contributed by atoms with Crippen LogP contribution in [0, 0.1) is 0 Å². The lowest BCUT2D eigenvalue weighted by Gasteiger charge is -2.37. The molecule has 0 aromatic carbocycles. The van der Waals surface area contributed by atoms with Crippen LogP contribution in [-0.2, 0) is 14.3 Å². The van der Waals surface area contributed by atoms with Gasteiger partial charge in [0, 0.05) is 12.8 Å². The summed E-state index contributed by atoms with van der Waals surface area (Å²) in [6, 6.07) is 0. The second-order valence-corrected chi connectivity index (χ2v) is 4.89. The topological polar surface area (TPSA) is 124 Å². The smallest absolute Gasteiger partial charge is 0.154 e. The zero-order valence-corrected chi connectivity index (χ0v) is 11.2. The van der Waals surface area contributed by atoms with Crippen LogP contribution in [0.4, 0.5) is 0 Å². The van der Waals surface area contributed by atoms with E-state index >= 15 is 0 Å². The van der Waals surface area contributed by atoms with Crippen molar-refractivity contribution >= 4 is 12.6 Å². The first-order valence-corrected chi connectivity index (χ1v) is 5.99. The number of aliphatic hydroxyl groups excluding tert-OH is 4. The second kappa shape index (κ2) is 7.66. The Kier molecular flexibility index (Phi) is 7.32. The van der Waals surface area contributed by atoms with Crippen molar-refractivity contribution < 1.29 is 34.8 Å². The molecular formula is C12H22O7. The molecule has 0 aromatic rings. The summed E-state index contributed by atoms with van der Waals surface area (Å²) in [6.07, 6.45) is -1.80. The normalized spacial score (nSPS) is 20.9. The van der Waals surface area contributed by atoms with Gasteiger partial charge in [-0.05, 0) is 13.8 Å². The van der Waals surface area contributed by atoms with E-state index < -0.39 is 36.6 Å². The number of aldehydes is 2. The Labute approximate surface area is 111 Å². The first-order chi connectivity index (χ1) is 8.78. The van der Waals surface area contributed by atoms with Crippen molar-refractivity contribution in [1.29, 1.82) is 0 Å². The van der Waals surface area contributed by atoms with E-state index in [4.69, 9.17) is 4.74 Å². The van der Waals surface area contributed by atoms with Gasteiger partial charge in [-0.15, -0.1) is 0 Å². The van der Waals surface area contributed by atoms with Crippen LogP contribution in [0.5, 0.6) is 0 Å². The van der Waals surface area contributed by atoms with Crippen LogP contribution in [0.3, 0.4) is 0 Å². The number of carbonyl (C=O) groups is 2. The van der Waals surface area contributed by atoms with Gasteiger partial charge in [0.05, 0.1) is 25.4 Å². The maximum atomic E-state index is 11.1. The van der Waals surface area contributed by atoms with Crippen molar-refractivity contribution in [3.05, 3.63) is 0 Å². The highest BCUT2D eigenvalue weighted by Gasteiger charge is 2.43. The van der Waals surface area contributed by atoms with Crippen molar-refractivity contribution in [2.45, 2.75) is 50.1 Å². The minimum Gasteiger partial charge on any atom is -0.393 e. The minimum absolute atomic E-state index is 0.234. The van der Waals surface area contributed by atoms with Gasteiger partial charge < -0.3 is 34.8 Å². The van der Waals surface area contributed by atoms with E-state index in [1.54, 1.807) is 0 Å². The summed E-state index contributed by atoms with van der Waals surface area (Å²) in [5, 5.41) is 37.2. The molecule has 0 bridgehead atoms. The van der Waals surface area contributed by atoms with Gasteiger partial charge in [0.15, 0.2) is 12.6 Å². The van der Waals surface area contributed by atoms with E-state index in [2.05, 4.69) is 0 Å². The van der Waals surface area contributed by atoms with E-state index in [1.807, 2.05) is 0 Å². The molecule has 7 heteroatoms. The Morgan fingerprint density at radius 2 is 1.26 bits per heavy atom. The molecule has 0 aliphatic rings. The highest BCUT2D eigenvalue weighted by Crippen LogP contribution is 2.26. The summed E-state index contributed by atoms with van der Waals surface area (Å²) in [5.74, 6) is 0. The summed E-state index contributed by atoms with van der Waals surface area (Å²) in [5.41, 5.74) is -3.60. The number of hydrogen-bond acceptors (Lipinski definition) is 7. The lowest BCUT2D eigenvalue weighted by molar-refractivity contribution is -0.196. The highest BCUT2D eigenvalue weighted by molar-refractivity contribution is 5.67. The van der Waals surface area contributed by atoms with E-state index in [1.165, 1.54) is 13.8 Å². The number of ether oxygens (including phenoxy) is 1. The van der Waals surface area contributed by atoms with Crippen molar-refractivity contribution in [2.24, 2.45) is 0 Å². The van der Waals surface area contributed by atoms with E-state index in [0.717, 1.165) is 0 Å². The van der Waals surface area contributed by atoms with Crippen LogP contribution >= 0.6 is 0 Å². The molecule has 0 amide bonds. The number of aliphatic hydroxyl groups is 4. The molecule has 4 N–H and O–H groups in total. The summed E-state index contributed by atoms with van der Waals surface area (Å²) in [4.78, 5) is 22.3. The number of carbonyl (C=O) groups excluding carboxylic acids is 2. The lowest BCUT2D eigenvalue weighted by Crippen LogP contribution is -2.53. The predicted octanol–water partition coefficient (Wildman–Crippen LogP) is -1.60. The maximum Gasteiger partial charge on any atom is 0.154 e. The molecule has 19 heavy (non-hydrogen) atoms. The molecule has 0 heterocycles. The van der Waals surface area contributed by atoms with Crippen molar-refractivity contribution in [2.75, 3.05) is 13.2 Å². The molecule has 0 rings (SSSR count). The van der Waals surface area contributed by atoms with Crippen molar-refractivity contribution in [3.63, 3.8) is 0 Å². The molecule has 0 fully saturated rings. The molecule has 112 valence electrons. The molecule has 0 aromatic heterocycles. The lowest BCUT2D eigenvalue weighted by atomic mass is 9.93. The Balaban J connectivity index is 5.24. The third-order valence-electron chi connectivity index (χ3n) is 2.65. The van der Waals surface area contributed by atoms with Crippen LogP contribution < -0.4 is 0 Å². The summed E-state index contributed by atoms with van der Waals surface area (Å²) in [7, 11) is 0. The minimum atomic E-state index is -1.80. The van der Waals surface area contributed by atoms with E-state index in [0.29, 0.717) is 0 Å². The summed E-state index contributed by atoms with van der Waals surface area (Å²) >= 11 is 0. The van der Waals surface area contributed by atoms with Crippen LogP contribution in [0.15, 0.2) is 0 Å². The fourth-order valence-electron chi connectivity index (χ4n) is 1.90. The Hall–Kier alpha value is -0.860. The van der Waals surface area contributed by atoms with Gasteiger partial charge in [-0.2, -0.15) is 0 Å². The van der Waals surface area contributed by atoms with Crippen LogP contribution in [0.1, 0.15) is 26.7 Å². The van der Waals surface area contributed by atoms with Crippen LogP contribution in [-0.4, -0.2) is 69.6 Å². The molecule has 7 nitrogen and oxygen atoms in total. The molecule has 0 radical (unpaired) electrons. The zero-order valence-electron chi connectivity index (χ0n) is 11.2. The highest BCUT2D eigenvalue weighted by atomic mass is 16.6. The van der Waals surface area contributed by atoms with E-state index in [-0.39, 0.29) is 25.4 Å². The first-order valence-electron chi connectivity index (χ1n) is 5.99. The van der Waals surface area contributed by atoms with Crippen molar-refractivity contribution in [3.8, 4) is 0 Å². The van der Waals surface area contributed by atoms with Gasteiger partial charge in [-0.3, -0.25) is 0 Å². The summed E-state index contributed by atoms with van der Waals surface area (Å²) in [6.45, 7) is 1.29. The third-order valence-corrected chi connectivity index (χ3v) is 2.65. The van der Waals surface area contributed by atoms with Crippen molar-refractivity contribution in [1.82, 2.24) is 0 Å². The monoisotopic (exact) mass is 278 g/mol. The Morgan fingerprint density at radius 1 is 0.947 bits per heavy atom. The number of hydrogen-bond donors (Lipinski definition) is 4. The quantitative estimate of drug-likeness (QED) is 0.355. The molecule has 4 atom stereocenters. The molecular weight excluding hydrogens is 256 g/mol. The standard InChI is InChI=1S/C12H22O7/c1-9(17)3-11(5-13,6-14)19-12(7-15,8-16)4-10(2)18/h5,7,9-10,14,16-18H,3-4,6,8H2,1-2H3. The van der Waals surface area contributed by atoms with Gasteiger partial charge in [-0.25, -0.2) is 0 Å². The first kappa shape index (κ1) is 18.1. The molecule has 0 aliphatic heterocycles. The van der Waals surface area contributed by atoms with E-state index in [9.17, 15) is 30.0 Å². The van der Waals surface area contributed by atoms with Crippen LogP contribution in [0.2, 0.25) is 0 Å². The van der Waals surface area contributed by atoms with Gasteiger partial charge in [0.25, 0.3) is 0 Å². The predicted molar refractivity (Wildman–Crippen MR) is 65.4 cm³/mol. The molecule has 0 spiro atoms. The largest absolute Gasteiger partial charge is 0.393 e. The molecule has 0 saturated carbocycles. The van der Waals surface area contributed by atoms with Crippen LogP contribution in [0.25, 0.3) is 0 Å². The average Bonchev–Trinajstić information content (AvgIpc) is 2.35. The van der Waals surface area contributed by atoms with Gasteiger partial charge in [0.1, 0.15) is 11.2 Å². The molecule has 0 aliphatic carbocycles. The SMILES string of the molecule is CC(O)CC(C=O)(CO)OC(C=O)(CO)CC(C)O. The fraction of sp³-hybridized carbons (Fsp3) is 0.833. The molecule has 4 unspecified atom stereocenters. The van der Waals surface area contributed by atoms with Gasteiger partial charge >= 0.3 is 0 Å². The molecule has 0 saturated heterocycles. The van der Waals surface area contributed by atoms with Gasteiger partial charge in [0.2, 0.25) is 0 Å². The van der Waals surface area contributed by atoms with Gasteiger partial charge in [-0.1, -0.05) is 0 Å². The number of rotatable bonds is 10. The fourth-order valence-corrected chi connectivity index (χ4v) is 1.90.